The van der Waals surface area contributed by atoms with Gasteiger partial charge in [-0.25, -0.2) is 8.42 Å². The highest BCUT2D eigenvalue weighted by Gasteiger charge is 2.29. The molecule has 0 amide bonds. The van der Waals surface area contributed by atoms with Gasteiger partial charge >= 0.3 is 0 Å². The average Bonchev–Trinajstić information content (AvgIpc) is 2.93. The lowest BCUT2D eigenvalue weighted by atomic mass is 10.1. The molecule has 0 unspecified atom stereocenters. The van der Waals surface area contributed by atoms with Crippen LogP contribution in [0.3, 0.4) is 0 Å². The number of sulfone groups is 1. The highest BCUT2D eigenvalue weighted by atomic mass is 32.2. The van der Waals surface area contributed by atoms with Crippen molar-refractivity contribution >= 4 is 15.9 Å². The maximum Gasteiger partial charge on any atom is 0.204 e. The highest BCUT2D eigenvalue weighted by molar-refractivity contribution is 7.95. The molecule has 0 atom stereocenters. The van der Waals surface area contributed by atoms with Crippen LogP contribution in [0.25, 0.3) is 6.08 Å². The Morgan fingerprint density at radius 2 is 2.00 bits per heavy atom. The van der Waals surface area contributed by atoms with Gasteiger partial charge in [0.2, 0.25) is 9.84 Å². The molecule has 1 aliphatic carbocycles. The van der Waals surface area contributed by atoms with Gasteiger partial charge in [0.15, 0.2) is 0 Å². The van der Waals surface area contributed by atoms with Crippen LogP contribution in [0, 0.1) is 6.92 Å². The van der Waals surface area contributed by atoms with Gasteiger partial charge in [-0.3, -0.25) is 0 Å². The third kappa shape index (κ3) is 2.35. The van der Waals surface area contributed by atoms with Crippen molar-refractivity contribution in [3.05, 3.63) is 34.2 Å². The summed E-state index contributed by atoms with van der Waals surface area (Å²) >= 11 is 0. The normalized spacial score (nSPS) is 21.4. The molecule has 0 bridgehead atoms. The summed E-state index contributed by atoms with van der Waals surface area (Å²) in [5, 5.41) is 3.38. The van der Waals surface area contributed by atoms with Gasteiger partial charge < -0.3 is 5.32 Å². The second kappa shape index (κ2) is 4.76. The maximum atomic E-state index is 12.4. The van der Waals surface area contributed by atoms with Crippen molar-refractivity contribution in [2.24, 2.45) is 0 Å². The van der Waals surface area contributed by atoms with E-state index in [4.69, 9.17) is 0 Å². The maximum absolute atomic E-state index is 12.4. The molecule has 0 radical (unpaired) electrons. The Balaban J connectivity index is 1.81. The molecule has 2 aliphatic rings. The summed E-state index contributed by atoms with van der Waals surface area (Å²) in [6.45, 7) is 2.44. The highest BCUT2D eigenvalue weighted by Crippen LogP contribution is 2.33. The van der Waals surface area contributed by atoms with Crippen LogP contribution >= 0.6 is 0 Å². The Kier molecular flexibility index (Phi) is 3.23. The van der Waals surface area contributed by atoms with Crippen molar-refractivity contribution in [3.63, 3.8) is 0 Å². The monoisotopic (exact) mass is 277 g/mol. The van der Waals surface area contributed by atoms with Gasteiger partial charge in [-0.05, 0) is 37.5 Å². The first-order chi connectivity index (χ1) is 9.07. The van der Waals surface area contributed by atoms with E-state index in [1.54, 1.807) is 6.07 Å². The smallest absolute Gasteiger partial charge is 0.204 e. The zero-order valence-corrected chi connectivity index (χ0v) is 12.0. The van der Waals surface area contributed by atoms with Crippen LogP contribution in [0.5, 0.6) is 0 Å². The lowest BCUT2D eigenvalue weighted by Gasteiger charge is -2.12. The topological polar surface area (TPSA) is 46.2 Å². The molecule has 3 nitrogen and oxygen atoms in total. The summed E-state index contributed by atoms with van der Waals surface area (Å²) in [5.41, 5.74) is 1.93. The Morgan fingerprint density at radius 1 is 1.26 bits per heavy atom. The minimum Gasteiger partial charge on any atom is -0.309 e. The lowest BCUT2D eigenvalue weighted by molar-refractivity contribution is 0.550. The van der Waals surface area contributed by atoms with Gasteiger partial charge in [0.1, 0.15) is 0 Å². The van der Waals surface area contributed by atoms with Crippen LogP contribution in [0.4, 0.5) is 0 Å². The van der Waals surface area contributed by atoms with Gasteiger partial charge in [0, 0.05) is 12.6 Å². The molecule has 102 valence electrons. The van der Waals surface area contributed by atoms with Crippen LogP contribution < -0.4 is 5.32 Å². The quantitative estimate of drug-likeness (QED) is 0.924. The number of benzene rings is 1. The Labute approximate surface area is 114 Å². The molecule has 1 heterocycles. The van der Waals surface area contributed by atoms with Gasteiger partial charge in [0.05, 0.1) is 9.80 Å². The Bertz CT molecular complexity index is 626. The minimum atomic E-state index is -3.26. The summed E-state index contributed by atoms with van der Waals surface area (Å²) in [7, 11) is -3.26. The van der Waals surface area contributed by atoms with E-state index in [1.165, 1.54) is 25.7 Å². The Hall–Kier alpha value is -1.13. The number of fused-ring (bicyclic) bond motifs is 1. The first-order valence-electron chi connectivity index (χ1n) is 6.87. The van der Waals surface area contributed by atoms with Crippen molar-refractivity contribution in [1.82, 2.24) is 5.32 Å². The van der Waals surface area contributed by atoms with E-state index >= 15 is 0 Å². The molecular formula is C15H19NO2S. The van der Waals surface area contributed by atoms with Gasteiger partial charge in [0.25, 0.3) is 0 Å². The number of rotatable bonds is 3. The molecule has 0 aromatic heterocycles. The molecule has 1 aliphatic heterocycles. The fourth-order valence-corrected chi connectivity index (χ4v) is 4.45. The fourth-order valence-electron chi connectivity index (χ4n) is 2.94. The molecule has 1 fully saturated rings. The van der Waals surface area contributed by atoms with Crippen molar-refractivity contribution in [2.45, 2.75) is 43.5 Å². The average molecular weight is 277 g/mol. The molecule has 1 N–H and O–H groups in total. The molecule has 4 heteroatoms. The zero-order chi connectivity index (χ0) is 13.5. The van der Waals surface area contributed by atoms with E-state index in [1.807, 2.05) is 25.1 Å². The first-order valence-corrected chi connectivity index (χ1v) is 8.35. The predicted octanol–water partition coefficient (Wildman–Crippen LogP) is 2.66. The van der Waals surface area contributed by atoms with E-state index < -0.39 is 9.84 Å². The van der Waals surface area contributed by atoms with E-state index in [0.29, 0.717) is 22.4 Å². The largest absolute Gasteiger partial charge is 0.309 e. The van der Waals surface area contributed by atoms with Crippen LogP contribution in [0.15, 0.2) is 28.0 Å². The minimum absolute atomic E-state index is 0.459. The van der Waals surface area contributed by atoms with Crippen molar-refractivity contribution < 1.29 is 8.42 Å². The number of hydrogen-bond acceptors (Lipinski definition) is 3. The van der Waals surface area contributed by atoms with Gasteiger partial charge in [-0.15, -0.1) is 0 Å². The summed E-state index contributed by atoms with van der Waals surface area (Å²) in [5.74, 6) is 0. The van der Waals surface area contributed by atoms with E-state index in [-0.39, 0.29) is 0 Å². The lowest BCUT2D eigenvalue weighted by Crippen LogP contribution is -2.29. The van der Waals surface area contributed by atoms with Gasteiger partial charge in [-0.2, -0.15) is 0 Å². The van der Waals surface area contributed by atoms with Crippen LogP contribution in [0.2, 0.25) is 0 Å². The van der Waals surface area contributed by atoms with Crippen molar-refractivity contribution in [1.29, 1.82) is 0 Å². The summed E-state index contributed by atoms with van der Waals surface area (Å²) in [4.78, 5) is 0.973. The standard InChI is InChI=1S/C15H19NO2S/c1-11-6-7-15-12(8-11)9-14(19(15,17)18)10-16-13-4-2-3-5-13/h6-9,13,16H,2-5,10H2,1H3. The third-order valence-corrected chi connectivity index (χ3v) is 5.94. The van der Waals surface area contributed by atoms with E-state index in [9.17, 15) is 8.42 Å². The molecule has 1 saturated carbocycles. The van der Waals surface area contributed by atoms with E-state index in [0.717, 1.165) is 11.1 Å². The molecule has 19 heavy (non-hydrogen) atoms. The SMILES string of the molecule is Cc1ccc2c(c1)C=C(CNC1CCCC1)S2(=O)=O. The molecule has 3 rings (SSSR count). The second-order valence-electron chi connectivity index (χ2n) is 5.52. The summed E-state index contributed by atoms with van der Waals surface area (Å²) in [6, 6.07) is 6.01. The molecule has 0 spiro atoms. The number of nitrogens with one attached hydrogen (secondary N) is 1. The van der Waals surface area contributed by atoms with Crippen molar-refractivity contribution in [3.8, 4) is 0 Å². The number of hydrogen-bond donors (Lipinski definition) is 1. The Morgan fingerprint density at radius 3 is 2.74 bits per heavy atom. The van der Waals surface area contributed by atoms with Crippen LogP contribution in [-0.2, 0) is 9.84 Å². The summed E-state index contributed by atoms with van der Waals surface area (Å²) in [6.07, 6.45) is 6.66. The summed E-state index contributed by atoms with van der Waals surface area (Å²) < 4.78 is 24.8. The van der Waals surface area contributed by atoms with E-state index in [2.05, 4.69) is 5.32 Å². The third-order valence-electron chi connectivity index (χ3n) is 4.04. The second-order valence-corrected chi connectivity index (χ2v) is 7.49. The van der Waals surface area contributed by atoms with Crippen molar-refractivity contribution in [2.75, 3.05) is 6.54 Å². The fraction of sp³-hybridized carbons (Fsp3) is 0.467. The molecular weight excluding hydrogens is 258 g/mol. The molecule has 1 aromatic carbocycles. The van der Waals surface area contributed by atoms with Crippen LogP contribution in [-0.4, -0.2) is 21.0 Å². The molecule has 1 aromatic rings. The first kappa shape index (κ1) is 12.9. The predicted molar refractivity (Wildman–Crippen MR) is 76.6 cm³/mol. The van der Waals surface area contributed by atoms with Gasteiger partial charge in [-0.1, -0.05) is 30.5 Å². The van der Waals surface area contributed by atoms with Crippen LogP contribution in [0.1, 0.15) is 36.8 Å². The molecule has 0 saturated heterocycles. The zero-order valence-electron chi connectivity index (χ0n) is 11.1. The number of aryl methyl sites for hydroxylation is 1.